The summed E-state index contributed by atoms with van der Waals surface area (Å²) < 4.78 is 30.8. The Kier molecular flexibility index (Phi) is 7.80. The predicted octanol–water partition coefficient (Wildman–Crippen LogP) is 3.73. The van der Waals surface area contributed by atoms with E-state index in [-0.39, 0.29) is 11.8 Å². The van der Waals surface area contributed by atoms with Gasteiger partial charge < -0.3 is 15.0 Å². The number of carbonyl (C=O) groups excluding carboxylic acids is 1. The minimum Gasteiger partial charge on any atom is -0.377 e. The lowest BCUT2D eigenvalue weighted by atomic mass is 10.2. The van der Waals surface area contributed by atoms with Crippen LogP contribution in [0.4, 0.5) is 22.1 Å². The average Bonchev–Trinajstić information content (AvgIpc) is 2.85. The van der Waals surface area contributed by atoms with Gasteiger partial charge in [0.25, 0.3) is 0 Å². The Hall–Kier alpha value is -3.57. The maximum atomic E-state index is 12.6. The van der Waals surface area contributed by atoms with E-state index in [0.29, 0.717) is 54.2 Å². The number of hydrogen-bond acceptors (Lipinski definition) is 8. The molecule has 190 valence electrons. The molecule has 3 aromatic rings. The zero-order chi connectivity index (χ0) is 25.7. The molecule has 2 amide bonds. The van der Waals surface area contributed by atoms with Gasteiger partial charge in [0.15, 0.2) is 15.7 Å². The fourth-order valence-electron chi connectivity index (χ4n) is 3.69. The average molecular weight is 511 g/mol. The third-order valence-corrected chi connectivity index (χ3v) is 7.94. The van der Waals surface area contributed by atoms with E-state index < -0.39 is 21.1 Å². The second kappa shape index (κ2) is 11.0. The van der Waals surface area contributed by atoms with Gasteiger partial charge >= 0.3 is 6.03 Å². The number of urea groups is 1. The van der Waals surface area contributed by atoms with Crippen LogP contribution in [0.3, 0.4) is 0 Å². The van der Waals surface area contributed by atoms with Crippen LogP contribution in [-0.2, 0) is 20.3 Å². The van der Waals surface area contributed by atoms with Gasteiger partial charge in [0.1, 0.15) is 11.6 Å². The Morgan fingerprint density at radius 3 is 2.58 bits per heavy atom. The summed E-state index contributed by atoms with van der Waals surface area (Å²) in [5, 5.41) is 4.92. The molecule has 1 atom stereocenters. The van der Waals surface area contributed by atoms with E-state index in [1.165, 1.54) is 0 Å². The highest BCUT2D eigenvalue weighted by molar-refractivity contribution is 7.91. The van der Waals surface area contributed by atoms with Crippen LogP contribution in [-0.4, -0.2) is 60.5 Å². The molecule has 0 aliphatic carbocycles. The summed E-state index contributed by atoms with van der Waals surface area (Å²) >= 11 is 0. The van der Waals surface area contributed by atoms with Crippen molar-refractivity contribution in [1.82, 2.24) is 15.0 Å². The Morgan fingerprint density at radius 1 is 1.14 bits per heavy atom. The summed E-state index contributed by atoms with van der Waals surface area (Å²) in [6.07, 6.45) is 1.59. The second-order valence-electron chi connectivity index (χ2n) is 8.89. The van der Waals surface area contributed by atoms with E-state index in [1.807, 2.05) is 6.92 Å². The number of sulfone groups is 1. The van der Waals surface area contributed by atoms with Crippen LogP contribution in [0.2, 0.25) is 0 Å². The van der Waals surface area contributed by atoms with Crippen LogP contribution >= 0.6 is 0 Å². The number of hydrogen-bond donors (Lipinski definition) is 2. The molecule has 1 saturated heterocycles. The summed E-state index contributed by atoms with van der Waals surface area (Å²) in [6, 6.07) is 13.7. The van der Waals surface area contributed by atoms with Crippen molar-refractivity contribution >= 4 is 33.2 Å². The molecule has 4 rings (SSSR count). The molecule has 1 aliphatic rings. The molecule has 1 aliphatic heterocycles. The van der Waals surface area contributed by atoms with Gasteiger partial charge in [-0.3, -0.25) is 5.32 Å². The van der Waals surface area contributed by atoms with Gasteiger partial charge in [0.05, 0.1) is 36.0 Å². The Bertz CT molecular complexity index is 1300. The zero-order valence-electron chi connectivity index (χ0n) is 20.5. The molecular formula is C25H30N6O4S. The van der Waals surface area contributed by atoms with Gasteiger partial charge in [0.2, 0.25) is 0 Å². The number of carbonyl (C=O) groups is 1. The monoisotopic (exact) mass is 510 g/mol. The van der Waals surface area contributed by atoms with Gasteiger partial charge in [-0.1, -0.05) is 6.07 Å². The predicted molar refractivity (Wildman–Crippen MR) is 140 cm³/mol. The molecular weight excluding hydrogens is 480 g/mol. The maximum Gasteiger partial charge on any atom is 0.324 e. The molecule has 2 N–H and O–H groups in total. The fourth-order valence-corrected chi connectivity index (χ4v) is 4.59. The van der Waals surface area contributed by atoms with E-state index in [2.05, 4.69) is 25.5 Å². The number of anilines is 3. The Morgan fingerprint density at radius 2 is 1.92 bits per heavy atom. The summed E-state index contributed by atoms with van der Waals surface area (Å²) in [4.78, 5) is 27.8. The van der Waals surface area contributed by atoms with Crippen molar-refractivity contribution < 1.29 is 17.9 Å². The first kappa shape index (κ1) is 25.5. The van der Waals surface area contributed by atoms with Crippen molar-refractivity contribution in [3.05, 3.63) is 60.4 Å². The number of rotatable bonds is 7. The third-order valence-electron chi connectivity index (χ3n) is 5.80. The number of nitrogens with one attached hydrogen (secondary N) is 2. The number of aromatic nitrogens is 3. The normalized spacial score (nSPS) is 16.1. The molecule has 36 heavy (non-hydrogen) atoms. The molecule has 2 aromatic heterocycles. The Labute approximate surface area is 211 Å². The summed E-state index contributed by atoms with van der Waals surface area (Å²) in [5.74, 6) is 1.36. The summed E-state index contributed by atoms with van der Waals surface area (Å²) in [6.45, 7) is 7.17. The largest absolute Gasteiger partial charge is 0.377 e. The molecule has 1 aromatic carbocycles. The van der Waals surface area contributed by atoms with E-state index in [4.69, 9.17) is 9.72 Å². The lowest BCUT2D eigenvalue weighted by Gasteiger charge is -2.34. The van der Waals surface area contributed by atoms with Crippen LogP contribution in [0.15, 0.2) is 54.7 Å². The fraction of sp³-hybridized carbons (Fsp3) is 0.360. The highest BCUT2D eigenvalue weighted by atomic mass is 32.2. The quantitative estimate of drug-likeness (QED) is 0.492. The molecule has 0 spiro atoms. The highest BCUT2D eigenvalue weighted by Gasteiger charge is 2.24. The number of morpholine rings is 1. The van der Waals surface area contributed by atoms with E-state index in [1.54, 1.807) is 68.6 Å². The molecule has 0 saturated carbocycles. The van der Waals surface area contributed by atoms with Crippen molar-refractivity contribution in [3.8, 4) is 11.4 Å². The molecule has 11 heteroatoms. The molecule has 0 radical (unpaired) electrons. The first-order valence-electron chi connectivity index (χ1n) is 11.7. The van der Waals surface area contributed by atoms with Crippen LogP contribution in [0.25, 0.3) is 11.4 Å². The molecule has 3 heterocycles. The van der Waals surface area contributed by atoms with Crippen molar-refractivity contribution in [2.24, 2.45) is 0 Å². The van der Waals surface area contributed by atoms with Crippen LogP contribution in [0.1, 0.15) is 26.5 Å². The second-order valence-corrected chi connectivity index (χ2v) is 11.4. The minimum absolute atomic E-state index is 0.0975. The minimum atomic E-state index is -3.35. The van der Waals surface area contributed by atoms with Gasteiger partial charge in [0, 0.05) is 30.1 Å². The third kappa shape index (κ3) is 6.35. The molecule has 1 fully saturated rings. The van der Waals surface area contributed by atoms with E-state index in [9.17, 15) is 13.2 Å². The smallest absolute Gasteiger partial charge is 0.324 e. The molecule has 10 nitrogen and oxygen atoms in total. The maximum absolute atomic E-state index is 12.6. The van der Waals surface area contributed by atoms with Crippen LogP contribution in [0, 0.1) is 0 Å². The SMILES string of the molecule is CC(C)S(=O)(=O)Cc1cc(N2CCOC[C@@H]2C)nc(-c2ccc(NC(=O)Nc3ccccn3)cc2)n1. The number of amides is 2. The summed E-state index contributed by atoms with van der Waals surface area (Å²) in [7, 11) is -3.35. The van der Waals surface area contributed by atoms with E-state index >= 15 is 0 Å². The van der Waals surface area contributed by atoms with Gasteiger partial charge in [-0.25, -0.2) is 28.2 Å². The molecule has 0 bridgehead atoms. The molecule has 0 unspecified atom stereocenters. The van der Waals surface area contributed by atoms with Crippen LogP contribution in [0.5, 0.6) is 0 Å². The van der Waals surface area contributed by atoms with Crippen molar-refractivity contribution in [3.63, 3.8) is 0 Å². The first-order chi connectivity index (χ1) is 17.2. The topological polar surface area (TPSA) is 126 Å². The highest BCUT2D eigenvalue weighted by Crippen LogP contribution is 2.25. The lowest BCUT2D eigenvalue weighted by Crippen LogP contribution is -2.44. The number of benzene rings is 1. The van der Waals surface area contributed by atoms with E-state index in [0.717, 1.165) is 0 Å². The number of ether oxygens (including phenoxy) is 1. The Balaban J connectivity index is 1.58. The van der Waals surface area contributed by atoms with Crippen LogP contribution < -0.4 is 15.5 Å². The lowest BCUT2D eigenvalue weighted by molar-refractivity contribution is 0.0985. The standard InChI is InChI=1S/C25H30N6O4S/c1-17(2)36(33,34)16-21-14-23(31-12-13-35-15-18(31)3)30-24(27-21)19-7-9-20(10-8-19)28-25(32)29-22-6-4-5-11-26-22/h4-11,14,17-18H,12-13,15-16H2,1-3H3,(H2,26,28,29,32)/t18-/m0/s1. The van der Waals surface area contributed by atoms with Gasteiger partial charge in [-0.05, 0) is 57.2 Å². The number of nitrogens with zero attached hydrogens (tertiary/aromatic N) is 4. The first-order valence-corrected chi connectivity index (χ1v) is 13.5. The zero-order valence-corrected chi connectivity index (χ0v) is 21.3. The van der Waals surface area contributed by atoms with Gasteiger partial charge in [-0.15, -0.1) is 0 Å². The van der Waals surface area contributed by atoms with Crippen molar-refractivity contribution in [2.45, 2.75) is 37.8 Å². The van der Waals surface area contributed by atoms with Crippen molar-refractivity contribution in [1.29, 1.82) is 0 Å². The number of pyridine rings is 1. The summed E-state index contributed by atoms with van der Waals surface area (Å²) in [5.41, 5.74) is 1.73. The van der Waals surface area contributed by atoms with Gasteiger partial charge in [-0.2, -0.15) is 0 Å². The van der Waals surface area contributed by atoms with Crippen molar-refractivity contribution in [2.75, 3.05) is 35.3 Å².